The van der Waals surface area contributed by atoms with Crippen LogP contribution in [0.2, 0.25) is 0 Å². The van der Waals surface area contributed by atoms with Crippen LogP contribution >= 0.6 is 0 Å². The number of aliphatic imine (C=N–C) groups is 1. The fourth-order valence-electron chi connectivity index (χ4n) is 3.58. The summed E-state index contributed by atoms with van der Waals surface area (Å²) in [5.41, 5.74) is 16.3. The summed E-state index contributed by atoms with van der Waals surface area (Å²) in [7, 11) is 3.35. The third-order valence-electron chi connectivity index (χ3n) is 5.42. The predicted octanol–water partition coefficient (Wildman–Crippen LogP) is 2.35. The van der Waals surface area contributed by atoms with E-state index in [0.29, 0.717) is 35.5 Å². The molecule has 0 atom stereocenters. The monoisotopic (exact) mass is 416 g/mol. The van der Waals surface area contributed by atoms with Gasteiger partial charge in [-0.2, -0.15) is 0 Å². The molecule has 158 valence electrons. The first kappa shape index (κ1) is 20.5. The number of pyridine rings is 2. The van der Waals surface area contributed by atoms with Gasteiger partial charge in [0.1, 0.15) is 11.5 Å². The summed E-state index contributed by atoms with van der Waals surface area (Å²) >= 11 is 0. The fourth-order valence-corrected chi connectivity index (χ4v) is 3.58. The number of nitrogens with two attached hydrogens (primary N) is 2. The van der Waals surface area contributed by atoms with Crippen molar-refractivity contribution in [2.75, 3.05) is 33.0 Å². The highest BCUT2D eigenvalue weighted by atomic mass is 16.5. The molecule has 0 aliphatic carbocycles. The molecule has 1 amide bonds. The molecular weight excluding hydrogens is 392 g/mol. The van der Waals surface area contributed by atoms with Crippen LogP contribution in [0.1, 0.15) is 16.1 Å². The SMILES string of the molecule is CN=CC(=CN)c1ccc(-c2cnc(N)c3ccc(C(=O)N4CC(OC)C4)nc23)cc1. The number of carbonyl (C=O) groups is 1. The van der Waals surface area contributed by atoms with Crippen molar-refractivity contribution in [2.24, 2.45) is 10.7 Å². The van der Waals surface area contributed by atoms with E-state index < -0.39 is 0 Å². The van der Waals surface area contributed by atoms with Crippen LogP contribution in [0.5, 0.6) is 0 Å². The van der Waals surface area contributed by atoms with Crippen LogP contribution < -0.4 is 11.5 Å². The number of carbonyl (C=O) groups excluding carboxylic acids is 1. The minimum atomic E-state index is -0.122. The van der Waals surface area contributed by atoms with Crippen molar-refractivity contribution in [3.8, 4) is 11.1 Å². The summed E-state index contributed by atoms with van der Waals surface area (Å²) in [6, 6.07) is 11.3. The van der Waals surface area contributed by atoms with E-state index in [1.807, 2.05) is 24.3 Å². The lowest BCUT2D eigenvalue weighted by atomic mass is 10.00. The number of ether oxygens (including phenoxy) is 1. The zero-order valence-corrected chi connectivity index (χ0v) is 17.4. The summed E-state index contributed by atoms with van der Waals surface area (Å²) in [6.07, 6.45) is 5.00. The van der Waals surface area contributed by atoms with Gasteiger partial charge >= 0.3 is 0 Å². The highest BCUT2D eigenvalue weighted by Crippen LogP contribution is 2.30. The van der Waals surface area contributed by atoms with Gasteiger partial charge in [0.25, 0.3) is 5.91 Å². The molecule has 8 nitrogen and oxygen atoms in total. The Balaban J connectivity index is 1.72. The van der Waals surface area contributed by atoms with Gasteiger partial charge in [0, 0.05) is 62.4 Å². The Morgan fingerprint density at radius 3 is 2.61 bits per heavy atom. The van der Waals surface area contributed by atoms with Crippen LogP contribution in [0.15, 0.2) is 53.8 Å². The van der Waals surface area contributed by atoms with Crippen molar-refractivity contribution < 1.29 is 9.53 Å². The Hall–Kier alpha value is -3.78. The van der Waals surface area contributed by atoms with E-state index in [1.165, 1.54) is 6.20 Å². The number of nitrogens with zero attached hydrogens (tertiary/aromatic N) is 4. The molecule has 8 heteroatoms. The Morgan fingerprint density at radius 1 is 1.23 bits per heavy atom. The number of allylic oxidation sites excluding steroid dienone is 1. The number of methoxy groups -OCH3 is 1. The zero-order valence-electron chi connectivity index (χ0n) is 17.4. The van der Waals surface area contributed by atoms with Gasteiger partial charge in [-0.15, -0.1) is 0 Å². The van der Waals surface area contributed by atoms with Gasteiger partial charge in [-0.25, -0.2) is 9.97 Å². The smallest absolute Gasteiger partial charge is 0.272 e. The lowest BCUT2D eigenvalue weighted by Crippen LogP contribution is -2.54. The average molecular weight is 416 g/mol. The number of anilines is 1. The molecule has 0 unspecified atom stereocenters. The number of hydrogen-bond acceptors (Lipinski definition) is 7. The highest BCUT2D eigenvalue weighted by molar-refractivity contribution is 6.09. The van der Waals surface area contributed by atoms with Gasteiger partial charge in [-0.3, -0.25) is 9.79 Å². The van der Waals surface area contributed by atoms with E-state index in [-0.39, 0.29) is 12.0 Å². The van der Waals surface area contributed by atoms with Crippen molar-refractivity contribution in [3.05, 3.63) is 60.1 Å². The van der Waals surface area contributed by atoms with Crippen molar-refractivity contribution in [1.82, 2.24) is 14.9 Å². The third kappa shape index (κ3) is 3.85. The van der Waals surface area contributed by atoms with Crippen LogP contribution in [-0.4, -0.2) is 60.3 Å². The number of likely N-dealkylation sites (tertiary alicyclic amines) is 1. The summed E-state index contributed by atoms with van der Waals surface area (Å²) in [4.78, 5) is 27.5. The van der Waals surface area contributed by atoms with Gasteiger partial charge in [0.2, 0.25) is 0 Å². The molecule has 2 aromatic heterocycles. The maximum Gasteiger partial charge on any atom is 0.272 e. The number of nitrogen functional groups attached to an aromatic ring is 1. The molecule has 1 aliphatic heterocycles. The van der Waals surface area contributed by atoms with E-state index >= 15 is 0 Å². The molecule has 4 N–H and O–H groups in total. The zero-order chi connectivity index (χ0) is 22.0. The van der Waals surface area contributed by atoms with Gasteiger partial charge in [-0.05, 0) is 23.3 Å². The second-order valence-corrected chi connectivity index (χ2v) is 7.30. The van der Waals surface area contributed by atoms with Gasteiger partial charge in [0.15, 0.2) is 0 Å². The van der Waals surface area contributed by atoms with Crippen LogP contribution in [0.3, 0.4) is 0 Å². The first-order chi connectivity index (χ1) is 15.0. The average Bonchev–Trinajstić information content (AvgIpc) is 2.77. The van der Waals surface area contributed by atoms with Gasteiger partial charge in [-0.1, -0.05) is 24.3 Å². The van der Waals surface area contributed by atoms with Gasteiger partial charge < -0.3 is 21.1 Å². The second-order valence-electron chi connectivity index (χ2n) is 7.30. The molecule has 0 spiro atoms. The summed E-state index contributed by atoms with van der Waals surface area (Å²) in [6.45, 7) is 1.14. The van der Waals surface area contributed by atoms with Crippen LogP contribution in [-0.2, 0) is 4.74 Å². The topological polar surface area (TPSA) is 120 Å². The molecule has 0 bridgehead atoms. The molecule has 0 radical (unpaired) electrons. The summed E-state index contributed by atoms with van der Waals surface area (Å²) < 4.78 is 5.26. The Kier molecular flexibility index (Phi) is 5.64. The van der Waals surface area contributed by atoms with Crippen LogP contribution in [0, 0.1) is 0 Å². The van der Waals surface area contributed by atoms with Crippen molar-refractivity contribution >= 4 is 34.4 Å². The van der Waals surface area contributed by atoms with E-state index in [2.05, 4.69) is 15.0 Å². The molecule has 31 heavy (non-hydrogen) atoms. The normalized spacial score (nSPS) is 14.9. The fraction of sp³-hybridized carbons (Fsp3) is 0.217. The first-order valence-corrected chi connectivity index (χ1v) is 9.88. The molecule has 1 saturated heterocycles. The van der Waals surface area contributed by atoms with E-state index in [4.69, 9.17) is 16.2 Å². The Labute approximate surface area is 180 Å². The minimum absolute atomic E-state index is 0.0866. The highest BCUT2D eigenvalue weighted by Gasteiger charge is 2.31. The maximum absolute atomic E-state index is 12.8. The first-order valence-electron chi connectivity index (χ1n) is 9.88. The quantitative estimate of drug-likeness (QED) is 0.616. The molecule has 4 rings (SSSR count). The number of amides is 1. The number of benzene rings is 1. The summed E-state index contributed by atoms with van der Waals surface area (Å²) in [5, 5.41) is 0.706. The lowest BCUT2D eigenvalue weighted by Gasteiger charge is -2.37. The molecule has 3 heterocycles. The molecule has 1 fully saturated rings. The minimum Gasteiger partial charge on any atom is -0.404 e. The Morgan fingerprint density at radius 2 is 1.97 bits per heavy atom. The summed E-state index contributed by atoms with van der Waals surface area (Å²) in [5.74, 6) is 0.251. The standard InChI is InChI=1S/C23H24N6O2/c1-26-10-16(9-24)14-3-5-15(6-4-14)19-11-27-22(25)18-7-8-20(28-21(18)19)23(30)29-12-17(13-29)31-2/h3-11,17H,12-13,24H2,1-2H3,(H2,25,27). The molecule has 1 aromatic carbocycles. The third-order valence-corrected chi connectivity index (χ3v) is 5.42. The second kappa shape index (κ2) is 8.53. The molecule has 3 aromatic rings. The van der Waals surface area contributed by atoms with Crippen molar-refractivity contribution in [3.63, 3.8) is 0 Å². The number of fused-ring (bicyclic) bond motifs is 1. The van der Waals surface area contributed by atoms with E-state index in [1.54, 1.807) is 43.6 Å². The number of hydrogen-bond donors (Lipinski definition) is 2. The number of rotatable bonds is 5. The van der Waals surface area contributed by atoms with Gasteiger partial charge in [0.05, 0.1) is 11.6 Å². The van der Waals surface area contributed by atoms with Crippen molar-refractivity contribution in [1.29, 1.82) is 0 Å². The van der Waals surface area contributed by atoms with Crippen molar-refractivity contribution in [2.45, 2.75) is 6.10 Å². The van der Waals surface area contributed by atoms with E-state index in [0.717, 1.165) is 22.3 Å². The van der Waals surface area contributed by atoms with E-state index in [9.17, 15) is 4.79 Å². The van der Waals surface area contributed by atoms with Crippen LogP contribution in [0.25, 0.3) is 27.6 Å². The maximum atomic E-state index is 12.8. The van der Waals surface area contributed by atoms with Crippen LogP contribution in [0.4, 0.5) is 5.82 Å². The molecular formula is C23H24N6O2. The number of aromatic nitrogens is 2. The predicted molar refractivity (Wildman–Crippen MR) is 123 cm³/mol. The Bertz CT molecular complexity index is 1180. The molecule has 1 aliphatic rings. The molecule has 0 saturated carbocycles. The lowest BCUT2D eigenvalue weighted by molar-refractivity contribution is -0.0194. The largest absolute Gasteiger partial charge is 0.404 e.